The van der Waals surface area contributed by atoms with E-state index < -0.39 is 17.9 Å². The summed E-state index contributed by atoms with van der Waals surface area (Å²) in [4.78, 5) is 21.7. The molecule has 0 radical (unpaired) electrons. The van der Waals surface area contributed by atoms with Gasteiger partial charge in [-0.3, -0.25) is 9.59 Å². The smallest absolute Gasteiger partial charge is 0.320 e. The first-order valence-electron chi connectivity index (χ1n) is 4.94. The molecule has 15 heavy (non-hydrogen) atoms. The zero-order chi connectivity index (χ0) is 11.0. The SMILES string of the molecule is CCCCCCC(C(=O)O)C(=O)OC.[MgH2]. The van der Waals surface area contributed by atoms with Crippen LogP contribution in [-0.4, -0.2) is 47.2 Å². The summed E-state index contributed by atoms with van der Waals surface area (Å²) in [5, 5.41) is 8.73. The Labute approximate surface area is 107 Å². The minimum absolute atomic E-state index is 0. The molecule has 1 unspecified atom stereocenters. The van der Waals surface area contributed by atoms with Gasteiger partial charge in [0.1, 0.15) is 0 Å². The molecule has 0 aliphatic heterocycles. The van der Waals surface area contributed by atoms with E-state index in [1.54, 1.807) is 0 Å². The molecule has 0 aromatic heterocycles. The number of hydrogen-bond donors (Lipinski definition) is 1. The molecule has 1 atom stereocenters. The van der Waals surface area contributed by atoms with Crippen LogP contribution < -0.4 is 0 Å². The summed E-state index contributed by atoms with van der Waals surface area (Å²) < 4.78 is 4.41. The van der Waals surface area contributed by atoms with Crippen LogP contribution in [0.1, 0.15) is 39.0 Å². The van der Waals surface area contributed by atoms with Gasteiger partial charge in [-0.15, -0.1) is 0 Å². The van der Waals surface area contributed by atoms with Gasteiger partial charge < -0.3 is 9.84 Å². The first-order chi connectivity index (χ1) is 6.63. The van der Waals surface area contributed by atoms with E-state index in [9.17, 15) is 9.59 Å². The molecule has 4 nitrogen and oxygen atoms in total. The molecule has 0 amide bonds. The van der Waals surface area contributed by atoms with Crippen molar-refractivity contribution in [2.45, 2.75) is 39.0 Å². The maximum atomic E-state index is 11.0. The largest absolute Gasteiger partial charge is 0.481 e. The van der Waals surface area contributed by atoms with Crippen LogP contribution in [0.5, 0.6) is 0 Å². The van der Waals surface area contributed by atoms with Gasteiger partial charge in [0.25, 0.3) is 0 Å². The zero-order valence-corrected chi connectivity index (χ0v) is 8.78. The molecule has 0 saturated carbocycles. The normalized spacial score (nSPS) is 11.3. The molecule has 1 N–H and O–H groups in total. The highest BCUT2D eigenvalue weighted by Crippen LogP contribution is 2.12. The molecule has 0 bridgehead atoms. The zero-order valence-electron chi connectivity index (χ0n) is 8.78. The maximum absolute atomic E-state index is 11.0. The monoisotopic (exact) mass is 228 g/mol. The van der Waals surface area contributed by atoms with E-state index in [-0.39, 0.29) is 23.1 Å². The summed E-state index contributed by atoms with van der Waals surface area (Å²) >= 11 is 0. The first-order valence-corrected chi connectivity index (χ1v) is 4.94. The highest BCUT2D eigenvalue weighted by atomic mass is 24.3. The van der Waals surface area contributed by atoms with Gasteiger partial charge in [0, 0.05) is 0 Å². The molecule has 86 valence electrons. The Morgan fingerprint density at radius 1 is 1.27 bits per heavy atom. The topological polar surface area (TPSA) is 63.6 Å². The van der Waals surface area contributed by atoms with Crippen LogP contribution in [0.3, 0.4) is 0 Å². The summed E-state index contributed by atoms with van der Waals surface area (Å²) in [7, 11) is 1.21. The standard InChI is InChI=1S/C10H18O4.Mg.2H/c1-3-4-5-6-7-8(9(11)12)10(13)14-2;;;/h8H,3-7H2,1-2H3,(H,11,12);;;. The fourth-order valence-electron chi connectivity index (χ4n) is 1.26. The van der Waals surface area contributed by atoms with Gasteiger partial charge in [-0.05, 0) is 6.42 Å². The third-order valence-corrected chi connectivity index (χ3v) is 2.13. The Kier molecular flexibility index (Phi) is 11.7. The minimum Gasteiger partial charge on any atom is -0.481 e. The second-order valence-corrected chi connectivity index (χ2v) is 3.26. The summed E-state index contributed by atoms with van der Waals surface area (Å²) in [5.41, 5.74) is 0. The van der Waals surface area contributed by atoms with E-state index in [1.807, 2.05) is 0 Å². The lowest BCUT2D eigenvalue weighted by atomic mass is 10.0. The van der Waals surface area contributed by atoms with E-state index >= 15 is 0 Å². The molecule has 0 spiro atoms. The van der Waals surface area contributed by atoms with Crippen LogP contribution in [-0.2, 0) is 14.3 Å². The maximum Gasteiger partial charge on any atom is 0.320 e. The van der Waals surface area contributed by atoms with Crippen molar-refractivity contribution >= 4 is 35.0 Å². The van der Waals surface area contributed by atoms with Crippen molar-refractivity contribution in [3.05, 3.63) is 0 Å². The van der Waals surface area contributed by atoms with Crippen molar-refractivity contribution in [3.63, 3.8) is 0 Å². The van der Waals surface area contributed by atoms with Gasteiger partial charge in [-0.1, -0.05) is 32.6 Å². The number of methoxy groups -OCH3 is 1. The van der Waals surface area contributed by atoms with E-state index in [0.717, 1.165) is 25.7 Å². The number of ether oxygens (including phenoxy) is 1. The van der Waals surface area contributed by atoms with Crippen molar-refractivity contribution < 1.29 is 19.4 Å². The van der Waals surface area contributed by atoms with Crippen LogP contribution >= 0.6 is 0 Å². The molecule has 0 rings (SSSR count). The number of esters is 1. The van der Waals surface area contributed by atoms with Crippen molar-refractivity contribution in [3.8, 4) is 0 Å². The predicted octanol–water partition coefficient (Wildman–Crippen LogP) is 0.914. The summed E-state index contributed by atoms with van der Waals surface area (Å²) in [6, 6.07) is 0. The number of carbonyl (C=O) groups excluding carboxylic acids is 1. The Hall–Kier alpha value is -0.294. The van der Waals surface area contributed by atoms with Gasteiger partial charge in [-0.25, -0.2) is 0 Å². The molecular weight excluding hydrogens is 208 g/mol. The van der Waals surface area contributed by atoms with Crippen LogP contribution in [0.4, 0.5) is 0 Å². The van der Waals surface area contributed by atoms with E-state index in [0.29, 0.717) is 6.42 Å². The minimum atomic E-state index is -1.09. The van der Waals surface area contributed by atoms with Gasteiger partial charge in [0.2, 0.25) is 0 Å². The second kappa shape index (κ2) is 10.2. The van der Waals surface area contributed by atoms with Crippen molar-refractivity contribution in [1.82, 2.24) is 0 Å². The van der Waals surface area contributed by atoms with Gasteiger partial charge >= 0.3 is 35.0 Å². The highest BCUT2D eigenvalue weighted by molar-refractivity contribution is 5.93. The Bertz CT molecular complexity index is 194. The lowest BCUT2D eigenvalue weighted by molar-refractivity contribution is -0.157. The fourth-order valence-corrected chi connectivity index (χ4v) is 1.26. The van der Waals surface area contributed by atoms with Crippen molar-refractivity contribution in [2.24, 2.45) is 5.92 Å². The molecule has 0 saturated heterocycles. The highest BCUT2D eigenvalue weighted by Gasteiger charge is 2.26. The Morgan fingerprint density at radius 3 is 2.27 bits per heavy atom. The van der Waals surface area contributed by atoms with Crippen LogP contribution in [0.15, 0.2) is 0 Å². The number of carbonyl (C=O) groups is 2. The average Bonchev–Trinajstić information content (AvgIpc) is 2.16. The molecule has 0 fully saturated rings. The number of carboxylic acid groups (broad SMARTS) is 1. The van der Waals surface area contributed by atoms with Crippen LogP contribution in [0, 0.1) is 5.92 Å². The fraction of sp³-hybridized carbons (Fsp3) is 0.800. The lowest BCUT2D eigenvalue weighted by Gasteiger charge is -2.08. The Balaban J connectivity index is 0. The summed E-state index contributed by atoms with van der Waals surface area (Å²) in [5.74, 6) is -2.72. The summed E-state index contributed by atoms with van der Waals surface area (Å²) in [6.07, 6.45) is 4.28. The number of carboxylic acids is 1. The van der Waals surface area contributed by atoms with E-state index in [4.69, 9.17) is 5.11 Å². The van der Waals surface area contributed by atoms with Crippen LogP contribution in [0.25, 0.3) is 0 Å². The molecule has 0 heterocycles. The molecule has 0 aliphatic carbocycles. The van der Waals surface area contributed by atoms with E-state index in [2.05, 4.69) is 11.7 Å². The first kappa shape index (κ1) is 17.1. The van der Waals surface area contributed by atoms with E-state index in [1.165, 1.54) is 7.11 Å². The molecule has 0 aliphatic rings. The molecule has 5 heteroatoms. The quantitative estimate of drug-likeness (QED) is 0.305. The molecular formula is C10H20MgO4. The lowest BCUT2D eigenvalue weighted by Crippen LogP contribution is -2.24. The average molecular weight is 229 g/mol. The number of rotatable bonds is 7. The van der Waals surface area contributed by atoms with Crippen molar-refractivity contribution in [1.29, 1.82) is 0 Å². The Morgan fingerprint density at radius 2 is 1.87 bits per heavy atom. The van der Waals surface area contributed by atoms with Gasteiger partial charge in [0.05, 0.1) is 7.11 Å². The molecule has 0 aromatic rings. The second-order valence-electron chi connectivity index (χ2n) is 3.26. The molecule has 0 aromatic carbocycles. The number of aliphatic carboxylic acids is 1. The van der Waals surface area contributed by atoms with Gasteiger partial charge in [0.15, 0.2) is 5.92 Å². The van der Waals surface area contributed by atoms with Gasteiger partial charge in [-0.2, -0.15) is 0 Å². The summed E-state index contributed by atoms with van der Waals surface area (Å²) in [6.45, 7) is 2.08. The number of unbranched alkanes of at least 4 members (excludes halogenated alkanes) is 3. The third-order valence-electron chi connectivity index (χ3n) is 2.13. The van der Waals surface area contributed by atoms with Crippen LogP contribution in [0.2, 0.25) is 0 Å². The third kappa shape index (κ3) is 7.61. The van der Waals surface area contributed by atoms with Crippen molar-refractivity contribution in [2.75, 3.05) is 7.11 Å². The number of hydrogen-bond acceptors (Lipinski definition) is 3. The predicted molar refractivity (Wildman–Crippen MR) is 60.4 cm³/mol.